The number of benzene rings is 1. The van der Waals surface area contributed by atoms with Gasteiger partial charge in [0.15, 0.2) is 0 Å². The van der Waals surface area contributed by atoms with Gasteiger partial charge in [-0.25, -0.2) is 0 Å². The van der Waals surface area contributed by atoms with E-state index in [0.717, 1.165) is 32.0 Å². The molecule has 0 unspecified atom stereocenters. The van der Waals surface area contributed by atoms with Crippen LogP contribution in [0.4, 0.5) is 13.2 Å². The van der Waals surface area contributed by atoms with E-state index < -0.39 is 6.36 Å². The van der Waals surface area contributed by atoms with Gasteiger partial charge < -0.3 is 14.8 Å². The lowest BCUT2D eigenvalue weighted by atomic mass is 9.63. The third-order valence-electron chi connectivity index (χ3n) is 3.75. The Balaban J connectivity index is 1.60. The molecule has 0 aromatic heterocycles. The van der Waals surface area contributed by atoms with Gasteiger partial charge in [0.2, 0.25) is 0 Å². The lowest BCUT2D eigenvalue weighted by molar-refractivity contribution is -0.274. The number of hydrogen-bond acceptors (Lipinski definition) is 3. The van der Waals surface area contributed by atoms with Crippen molar-refractivity contribution in [2.24, 2.45) is 5.41 Å². The van der Waals surface area contributed by atoms with E-state index in [4.69, 9.17) is 16.3 Å². The van der Waals surface area contributed by atoms with Crippen molar-refractivity contribution < 1.29 is 22.6 Å². The van der Waals surface area contributed by atoms with E-state index in [-0.39, 0.29) is 16.9 Å². The standard InChI is InChI=1S/C13H13ClF3NO2/c14-10-3-8(20-13(15,16)17)1-2-11(10)19-9-4-12(5-9)6-18-7-12/h1-3,9,18H,4-7H2. The molecule has 1 aromatic carbocycles. The molecule has 0 bridgehead atoms. The van der Waals surface area contributed by atoms with Crippen molar-refractivity contribution >= 4 is 11.6 Å². The molecule has 1 aromatic rings. The van der Waals surface area contributed by atoms with Gasteiger partial charge in [0.1, 0.15) is 17.6 Å². The first kappa shape index (κ1) is 13.8. The molecule has 0 atom stereocenters. The van der Waals surface area contributed by atoms with Crippen LogP contribution >= 0.6 is 11.6 Å². The van der Waals surface area contributed by atoms with Crippen molar-refractivity contribution in [1.82, 2.24) is 5.32 Å². The lowest BCUT2D eigenvalue weighted by Crippen LogP contribution is -2.62. The number of hydrogen-bond donors (Lipinski definition) is 1. The number of nitrogens with one attached hydrogen (secondary N) is 1. The van der Waals surface area contributed by atoms with Gasteiger partial charge in [-0.3, -0.25) is 0 Å². The molecule has 110 valence electrons. The van der Waals surface area contributed by atoms with Gasteiger partial charge >= 0.3 is 6.36 Å². The molecule has 7 heteroatoms. The second-order valence-corrected chi connectivity index (χ2v) is 5.80. The Morgan fingerprint density at radius 3 is 2.45 bits per heavy atom. The molecule has 2 aliphatic rings. The van der Waals surface area contributed by atoms with Gasteiger partial charge in [-0.1, -0.05) is 11.6 Å². The van der Waals surface area contributed by atoms with Crippen LogP contribution in [0, 0.1) is 5.41 Å². The van der Waals surface area contributed by atoms with Crippen molar-refractivity contribution in [3.05, 3.63) is 23.2 Å². The van der Waals surface area contributed by atoms with Crippen molar-refractivity contribution in [1.29, 1.82) is 0 Å². The van der Waals surface area contributed by atoms with E-state index in [9.17, 15) is 13.2 Å². The smallest absolute Gasteiger partial charge is 0.489 e. The summed E-state index contributed by atoms with van der Waals surface area (Å²) in [5.74, 6) is 0.0523. The molecular formula is C13H13ClF3NO2. The molecule has 1 aliphatic heterocycles. The van der Waals surface area contributed by atoms with E-state index in [1.165, 1.54) is 12.1 Å². The molecule has 0 amide bonds. The van der Waals surface area contributed by atoms with Gasteiger partial charge in [-0.05, 0) is 25.0 Å². The molecule has 3 nitrogen and oxygen atoms in total. The summed E-state index contributed by atoms with van der Waals surface area (Å²) >= 11 is 5.92. The Hall–Kier alpha value is -1.14. The second-order valence-electron chi connectivity index (χ2n) is 5.39. The highest BCUT2D eigenvalue weighted by atomic mass is 35.5. The first-order valence-electron chi connectivity index (χ1n) is 6.28. The predicted molar refractivity (Wildman–Crippen MR) is 67.1 cm³/mol. The molecule has 20 heavy (non-hydrogen) atoms. The van der Waals surface area contributed by atoms with Crippen LogP contribution in [0.1, 0.15) is 12.8 Å². The quantitative estimate of drug-likeness (QED) is 0.929. The van der Waals surface area contributed by atoms with Crippen LogP contribution in [0.25, 0.3) is 0 Å². The van der Waals surface area contributed by atoms with Gasteiger partial charge in [-0.15, -0.1) is 13.2 Å². The summed E-state index contributed by atoms with van der Waals surface area (Å²) < 4.78 is 45.7. The van der Waals surface area contributed by atoms with Crippen LogP contribution in [0.15, 0.2) is 18.2 Å². The Labute approximate surface area is 119 Å². The average Bonchev–Trinajstić information content (AvgIpc) is 2.20. The number of rotatable bonds is 3. The fourth-order valence-electron chi connectivity index (χ4n) is 2.71. The summed E-state index contributed by atoms with van der Waals surface area (Å²) in [6, 6.07) is 3.73. The molecule has 1 spiro atoms. The Kier molecular flexibility index (Phi) is 3.25. The first-order chi connectivity index (χ1) is 9.35. The largest absolute Gasteiger partial charge is 0.573 e. The topological polar surface area (TPSA) is 30.5 Å². The molecule has 1 aliphatic carbocycles. The van der Waals surface area contributed by atoms with Gasteiger partial charge in [0, 0.05) is 24.6 Å². The fourth-order valence-corrected chi connectivity index (χ4v) is 2.93. The normalized spacial score (nSPS) is 21.2. The number of ether oxygens (including phenoxy) is 2. The van der Waals surface area contributed by atoms with Crippen LogP contribution in [-0.4, -0.2) is 25.6 Å². The zero-order valence-electron chi connectivity index (χ0n) is 10.5. The molecule has 2 fully saturated rings. The maximum absolute atomic E-state index is 12.1. The summed E-state index contributed by atoms with van der Waals surface area (Å²) in [7, 11) is 0. The van der Waals surface area contributed by atoms with Crippen LogP contribution in [0.2, 0.25) is 5.02 Å². The fraction of sp³-hybridized carbons (Fsp3) is 0.538. The summed E-state index contributed by atoms with van der Waals surface area (Å²) in [5.41, 5.74) is 0.372. The molecule has 0 radical (unpaired) electrons. The highest BCUT2D eigenvalue weighted by molar-refractivity contribution is 6.32. The molecule has 1 saturated carbocycles. The van der Waals surface area contributed by atoms with Crippen molar-refractivity contribution in [3.8, 4) is 11.5 Å². The third kappa shape index (κ3) is 2.81. The minimum Gasteiger partial charge on any atom is -0.489 e. The van der Waals surface area contributed by atoms with Crippen LogP contribution in [0.5, 0.6) is 11.5 Å². The summed E-state index contributed by atoms with van der Waals surface area (Å²) in [5, 5.41) is 3.35. The lowest BCUT2D eigenvalue weighted by Gasteiger charge is -2.53. The third-order valence-corrected chi connectivity index (χ3v) is 4.05. The molecule has 1 saturated heterocycles. The van der Waals surface area contributed by atoms with Crippen molar-refractivity contribution in [3.63, 3.8) is 0 Å². The highest BCUT2D eigenvalue weighted by Gasteiger charge is 2.49. The van der Waals surface area contributed by atoms with Crippen LogP contribution in [0.3, 0.4) is 0 Å². The maximum Gasteiger partial charge on any atom is 0.573 e. The van der Waals surface area contributed by atoms with Crippen molar-refractivity contribution in [2.45, 2.75) is 25.3 Å². The summed E-state index contributed by atoms with van der Waals surface area (Å²) in [4.78, 5) is 0. The Bertz CT molecular complexity index is 509. The SMILES string of the molecule is FC(F)(F)Oc1ccc(OC2CC3(CNC3)C2)c(Cl)c1. The van der Waals surface area contributed by atoms with Crippen molar-refractivity contribution in [2.75, 3.05) is 13.1 Å². The first-order valence-corrected chi connectivity index (χ1v) is 6.66. The zero-order chi connectivity index (χ0) is 14.4. The monoisotopic (exact) mass is 307 g/mol. The van der Waals surface area contributed by atoms with E-state index in [1.807, 2.05) is 0 Å². The summed E-state index contributed by atoms with van der Waals surface area (Å²) in [6.45, 7) is 2.03. The second kappa shape index (κ2) is 4.70. The van der Waals surface area contributed by atoms with Crippen LogP contribution in [-0.2, 0) is 0 Å². The zero-order valence-corrected chi connectivity index (χ0v) is 11.2. The summed E-state index contributed by atoms with van der Waals surface area (Å²) in [6.07, 6.45) is -2.72. The molecule has 3 rings (SSSR count). The van der Waals surface area contributed by atoms with E-state index in [2.05, 4.69) is 10.1 Å². The number of alkyl halides is 3. The predicted octanol–water partition coefficient (Wildman–Crippen LogP) is 3.37. The van der Waals surface area contributed by atoms with Gasteiger partial charge in [0.25, 0.3) is 0 Å². The van der Waals surface area contributed by atoms with E-state index >= 15 is 0 Å². The molecule has 1 heterocycles. The van der Waals surface area contributed by atoms with Gasteiger partial charge in [-0.2, -0.15) is 0 Å². The minimum atomic E-state index is -4.72. The van der Waals surface area contributed by atoms with Gasteiger partial charge in [0.05, 0.1) is 5.02 Å². The van der Waals surface area contributed by atoms with E-state index in [1.54, 1.807) is 0 Å². The average molecular weight is 308 g/mol. The van der Waals surface area contributed by atoms with E-state index in [0.29, 0.717) is 11.2 Å². The highest BCUT2D eigenvalue weighted by Crippen LogP contribution is 2.46. The number of halogens is 4. The Morgan fingerprint density at radius 2 is 1.95 bits per heavy atom. The van der Waals surface area contributed by atoms with Crippen LogP contribution < -0.4 is 14.8 Å². The molecular weight excluding hydrogens is 295 g/mol. The molecule has 1 N–H and O–H groups in total. The maximum atomic E-state index is 12.1. The minimum absolute atomic E-state index is 0.0870. The Morgan fingerprint density at radius 1 is 1.25 bits per heavy atom.